The summed E-state index contributed by atoms with van der Waals surface area (Å²) in [5.74, 6) is 1.16. The lowest BCUT2D eigenvalue weighted by Crippen LogP contribution is -2.07. The molecule has 6 heteroatoms. The number of fused-ring (bicyclic) bond motifs is 1. The van der Waals surface area contributed by atoms with Crippen molar-refractivity contribution < 1.29 is 14.6 Å². The number of rotatable bonds is 3. The number of halogens is 1. The monoisotopic (exact) mass is 314 g/mol. The second-order valence-electron chi connectivity index (χ2n) is 4.50. The standard InChI is InChI=1S/C16H11ClN2O3/c17-15-9-10(7-8-18-15)22-14-6-5-13(19-16(20)21)11-3-1-2-4-12(11)14/h1-9,19H,(H,20,21). The molecule has 1 aromatic heterocycles. The lowest BCUT2D eigenvalue weighted by Gasteiger charge is -2.12. The van der Waals surface area contributed by atoms with Crippen LogP contribution in [0.25, 0.3) is 10.8 Å². The highest BCUT2D eigenvalue weighted by Crippen LogP contribution is 2.34. The quantitative estimate of drug-likeness (QED) is 0.683. The Kier molecular flexibility index (Phi) is 3.80. The van der Waals surface area contributed by atoms with Crippen molar-refractivity contribution >= 4 is 34.2 Å². The van der Waals surface area contributed by atoms with Gasteiger partial charge in [0.2, 0.25) is 0 Å². The number of anilines is 1. The fourth-order valence-corrected chi connectivity index (χ4v) is 2.32. The molecule has 0 spiro atoms. The molecule has 0 bridgehead atoms. The fraction of sp³-hybridized carbons (Fsp3) is 0. The van der Waals surface area contributed by atoms with Gasteiger partial charge in [0, 0.05) is 23.0 Å². The number of nitrogens with zero attached hydrogens (tertiary/aromatic N) is 1. The summed E-state index contributed by atoms with van der Waals surface area (Å²) < 4.78 is 5.83. The summed E-state index contributed by atoms with van der Waals surface area (Å²) in [5.41, 5.74) is 0.503. The summed E-state index contributed by atoms with van der Waals surface area (Å²) in [4.78, 5) is 14.8. The summed E-state index contributed by atoms with van der Waals surface area (Å²) in [6.07, 6.45) is 0.444. The van der Waals surface area contributed by atoms with E-state index < -0.39 is 6.09 Å². The molecule has 3 aromatic rings. The summed E-state index contributed by atoms with van der Waals surface area (Å²) in [5, 5.41) is 13.2. The smallest absolute Gasteiger partial charge is 0.409 e. The minimum absolute atomic E-state index is 0.339. The van der Waals surface area contributed by atoms with Gasteiger partial charge in [-0.15, -0.1) is 0 Å². The first-order valence-electron chi connectivity index (χ1n) is 6.44. The molecule has 110 valence electrons. The molecular formula is C16H11ClN2O3. The van der Waals surface area contributed by atoms with Gasteiger partial charge in [-0.3, -0.25) is 5.32 Å². The molecule has 0 fully saturated rings. The highest BCUT2D eigenvalue weighted by atomic mass is 35.5. The Labute approximate surface area is 131 Å². The van der Waals surface area contributed by atoms with Crippen LogP contribution in [0, 0.1) is 0 Å². The lowest BCUT2D eigenvalue weighted by molar-refractivity contribution is 0.210. The third-order valence-electron chi connectivity index (χ3n) is 3.05. The van der Waals surface area contributed by atoms with Gasteiger partial charge < -0.3 is 9.84 Å². The number of amides is 1. The second-order valence-corrected chi connectivity index (χ2v) is 4.89. The van der Waals surface area contributed by atoms with Crippen LogP contribution in [0.5, 0.6) is 11.5 Å². The molecule has 2 aromatic carbocycles. The van der Waals surface area contributed by atoms with E-state index in [2.05, 4.69) is 10.3 Å². The van der Waals surface area contributed by atoms with Crippen molar-refractivity contribution in [3.05, 3.63) is 59.9 Å². The van der Waals surface area contributed by atoms with Crippen LogP contribution in [-0.2, 0) is 0 Å². The molecule has 0 aliphatic rings. The van der Waals surface area contributed by atoms with Gasteiger partial charge in [-0.1, -0.05) is 35.9 Å². The summed E-state index contributed by atoms with van der Waals surface area (Å²) >= 11 is 5.85. The predicted molar refractivity (Wildman–Crippen MR) is 84.9 cm³/mol. The zero-order chi connectivity index (χ0) is 15.5. The molecule has 3 rings (SSSR count). The minimum atomic E-state index is -1.11. The van der Waals surface area contributed by atoms with Crippen molar-refractivity contribution in [2.45, 2.75) is 0 Å². The Balaban J connectivity index is 2.06. The molecule has 0 aliphatic carbocycles. The number of pyridine rings is 1. The number of aromatic nitrogens is 1. The van der Waals surface area contributed by atoms with Crippen molar-refractivity contribution in [1.29, 1.82) is 0 Å². The molecule has 0 saturated heterocycles. The Morgan fingerprint density at radius 3 is 2.64 bits per heavy atom. The predicted octanol–water partition coefficient (Wildman–Crippen LogP) is 4.77. The van der Waals surface area contributed by atoms with Gasteiger partial charge in [-0.05, 0) is 18.2 Å². The van der Waals surface area contributed by atoms with Crippen LogP contribution < -0.4 is 10.1 Å². The van der Waals surface area contributed by atoms with Gasteiger partial charge in [-0.25, -0.2) is 9.78 Å². The van der Waals surface area contributed by atoms with Crippen LogP contribution in [0.3, 0.4) is 0 Å². The topological polar surface area (TPSA) is 71.5 Å². The molecule has 0 radical (unpaired) electrons. The Morgan fingerprint density at radius 1 is 1.14 bits per heavy atom. The van der Waals surface area contributed by atoms with E-state index in [0.717, 1.165) is 10.8 Å². The molecule has 0 saturated carbocycles. The maximum absolute atomic E-state index is 10.9. The van der Waals surface area contributed by atoms with E-state index in [9.17, 15) is 4.79 Å². The first-order chi connectivity index (χ1) is 10.6. The molecule has 0 aliphatic heterocycles. The maximum Gasteiger partial charge on any atom is 0.409 e. The van der Waals surface area contributed by atoms with E-state index in [4.69, 9.17) is 21.4 Å². The molecule has 1 heterocycles. The van der Waals surface area contributed by atoms with Crippen molar-refractivity contribution in [1.82, 2.24) is 4.98 Å². The number of hydrogen-bond donors (Lipinski definition) is 2. The van der Waals surface area contributed by atoms with Crippen molar-refractivity contribution in [3.63, 3.8) is 0 Å². The van der Waals surface area contributed by atoms with Crippen LogP contribution in [0.15, 0.2) is 54.7 Å². The third-order valence-corrected chi connectivity index (χ3v) is 3.26. The molecule has 1 amide bonds. The van der Waals surface area contributed by atoms with Gasteiger partial charge in [0.05, 0.1) is 5.69 Å². The van der Waals surface area contributed by atoms with Crippen molar-refractivity contribution in [2.24, 2.45) is 0 Å². The van der Waals surface area contributed by atoms with E-state index in [-0.39, 0.29) is 0 Å². The van der Waals surface area contributed by atoms with Crippen LogP contribution in [0.2, 0.25) is 5.15 Å². The molecule has 0 unspecified atom stereocenters. The number of nitrogens with one attached hydrogen (secondary N) is 1. The molecule has 0 atom stereocenters. The van der Waals surface area contributed by atoms with Crippen LogP contribution >= 0.6 is 11.6 Å². The second kappa shape index (κ2) is 5.91. The average molecular weight is 315 g/mol. The molecule has 2 N–H and O–H groups in total. The van der Waals surface area contributed by atoms with E-state index in [1.807, 2.05) is 24.3 Å². The van der Waals surface area contributed by atoms with E-state index in [1.54, 1.807) is 30.5 Å². The lowest BCUT2D eigenvalue weighted by atomic mass is 10.1. The number of ether oxygens (including phenoxy) is 1. The zero-order valence-electron chi connectivity index (χ0n) is 11.3. The normalized spacial score (nSPS) is 10.4. The SMILES string of the molecule is O=C(O)Nc1ccc(Oc2ccnc(Cl)c2)c2ccccc12. The first-order valence-corrected chi connectivity index (χ1v) is 6.82. The van der Waals surface area contributed by atoms with Gasteiger partial charge in [0.15, 0.2) is 0 Å². The number of benzene rings is 2. The van der Waals surface area contributed by atoms with E-state index in [1.165, 1.54) is 0 Å². The number of carboxylic acid groups (broad SMARTS) is 1. The van der Waals surface area contributed by atoms with Gasteiger partial charge >= 0.3 is 6.09 Å². The minimum Gasteiger partial charge on any atom is -0.465 e. The average Bonchev–Trinajstić information content (AvgIpc) is 2.49. The van der Waals surface area contributed by atoms with Crippen LogP contribution in [0.4, 0.5) is 10.5 Å². The molecular weight excluding hydrogens is 304 g/mol. The Bertz CT molecular complexity index is 852. The van der Waals surface area contributed by atoms with Crippen LogP contribution in [0.1, 0.15) is 0 Å². The Morgan fingerprint density at radius 2 is 1.91 bits per heavy atom. The fourth-order valence-electron chi connectivity index (χ4n) is 2.16. The highest BCUT2D eigenvalue weighted by molar-refractivity contribution is 6.29. The first kappa shape index (κ1) is 14.2. The van der Waals surface area contributed by atoms with Gasteiger partial charge in [-0.2, -0.15) is 0 Å². The summed E-state index contributed by atoms with van der Waals surface area (Å²) in [6, 6.07) is 14.1. The van der Waals surface area contributed by atoms with E-state index in [0.29, 0.717) is 22.3 Å². The summed E-state index contributed by atoms with van der Waals surface area (Å²) in [7, 11) is 0. The number of carbonyl (C=O) groups is 1. The van der Waals surface area contributed by atoms with Crippen molar-refractivity contribution in [3.8, 4) is 11.5 Å². The van der Waals surface area contributed by atoms with Gasteiger partial charge in [0.1, 0.15) is 16.7 Å². The van der Waals surface area contributed by atoms with Gasteiger partial charge in [0.25, 0.3) is 0 Å². The summed E-state index contributed by atoms with van der Waals surface area (Å²) in [6.45, 7) is 0. The maximum atomic E-state index is 10.9. The third kappa shape index (κ3) is 2.94. The van der Waals surface area contributed by atoms with E-state index >= 15 is 0 Å². The Hall–Kier alpha value is -2.79. The van der Waals surface area contributed by atoms with Crippen LogP contribution in [-0.4, -0.2) is 16.2 Å². The largest absolute Gasteiger partial charge is 0.465 e. The molecule has 22 heavy (non-hydrogen) atoms. The highest BCUT2D eigenvalue weighted by Gasteiger charge is 2.09. The molecule has 5 nitrogen and oxygen atoms in total. The van der Waals surface area contributed by atoms with Crippen molar-refractivity contribution in [2.75, 3.05) is 5.32 Å². The zero-order valence-corrected chi connectivity index (χ0v) is 12.0. The number of hydrogen-bond acceptors (Lipinski definition) is 3.